The minimum absolute atomic E-state index is 0.107. The van der Waals surface area contributed by atoms with Gasteiger partial charge in [0.05, 0.1) is 26.4 Å². The summed E-state index contributed by atoms with van der Waals surface area (Å²) in [7, 11) is -9.91. The largest absolute Gasteiger partial charge is 0.472 e. The third-order valence-electron chi connectivity index (χ3n) is 17.9. The van der Waals surface area contributed by atoms with Crippen LogP contribution in [0.5, 0.6) is 0 Å². The second-order valence-electron chi connectivity index (χ2n) is 27.2. The van der Waals surface area contributed by atoms with Crippen LogP contribution >= 0.6 is 15.6 Å². The Labute approximate surface area is 568 Å². The van der Waals surface area contributed by atoms with Crippen LogP contribution in [0, 0.1) is 11.8 Å². The van der Waals surface area contributed by atoms with Crippen molar-refractivity contribution in [1.29, 1.82) is 0 Å². The predicted octanol–water partition coefficient (Wildman–Crippen LogP) is 21.6. The molecule has 4 unspecified atom stereocenters. The van der Waals surface area contributed by atoms with Gasteiger partial charge in [-0.1, -0.05) is 330 Å². The van der Waals surface area contributed by atoms with Gasteiger partial charge in [-0.25, -0.2) is 9.13 Å². The zero-order chi connectivity index (χ0) is 68.6. The maximum absolute atomic E-state index is 13.1. The standard InChI is InChI=1S/C74H144O17P2/c1-7-11-13-15-17-19-21-23-25-27-29-35-39-47-53-59-73(78)90-69(62-84-71(76)56-50-44-37-33-31-30-32-36-42-48-54-66(5)9-3)64-88-92(80,81)86-60-68(75)61-87-93(82,83)89-65-70(63-85-72(77)57-51-45-41-40-43-49-55-67(6)10-4)91-74(79)58-52-46-38-34-28-26-24-22-20-18-16-14-12-8-2/h66-70,75H,7-65H2,1-6H3,(H,80,81)(H,82,83)/t66?,67?,68-,69-,70-/m1/s1. The quantitative estimate of drug-likeness (QED) is 0.0222. The Balaban J connectivity index is 5.26. The molecule has 19 heteroatoms. The van der Waals surface area contributed by atoms with Gasteiger partial charge < -0.3 is 33.8 Å². The highest BCUT2D eigenvalue weighted by Crippen LogP contribution is 2.45. The number of esters is 4. The molecule has 0 saturated heterocycles. The van der Waals surface area contributed by atoms with Crippen LogP contribution < -0.4 is 0 Å². The van der Waals surface area contributed by atoms with Crippen LogP contribution in [0.2, 0.25) is 0 Å². The summed E-state index contributed by atoms with van der Waals surface area (Å²) >= 11 is 0. The summed E-state index contributed by atoms with van der Waals surface area (Å²) in [4.78, 5) is 72.7. The second-order valence-corrected chi connectivity index (χ2v) is 30.1. The number of aliphatic hydroxyl groups excluding tert-OH is 1. The molecule has 93 heavy (non-hydrogen) atoms. The van der Waals surface area contributed by atoms with E-state index in [1.807, 2.05) is 0 Å². The first-order valence-electron chi connectivity index (χ1n) is 38.6. The van der Waals surface area contributed by atoms with E-state index in [0.717, 1.165) is 108 Å². The minimum atomic E-state index is -4.96. The molecular weight excluding hydrogens is 1220 g/mol. The lowest BCUT2D eigenvalue weighted by molar-refractivity contribution is -0.161. The lowest BCUT2D eigenvalue weighted by Crippen LogP contribution is -2.30. The number of phosphoric ester groups is 2. The highest BCUT2D eigenvalue weighted by Gasteiger charge is 2.30. The van der Waals surface area contributed by atoms with Crippen LogP contribution in [0.15, 0.2) is 0 Å². The molecule has 3 N–H and O–H groups in total. The molecular formula is C74H144O17P2. The van der Waals surface area contributed by atoms with Gasteiger partial charge in [-0.05, 0) is 37.5 Å². The average Bonchev–Trinajstić information content (AvgIpc) is 2.15. The summed E-state index contributed by atoms with van der Waals surface area (Å²) in [6.45, 7) is 9.58. The number of carbonyl (C=O) groups is 4. The highest BCUT2D eigenvalue weighted by molar-refractivity contribution is 7.47. The molecule has 0 radical (unpaired) electrons. The first-order chi connectivity index (χ1) is 44.9. The van der Waals surface area contributed by atoms with Gasteiger partial charge in [0.1, 0.15) is 19.3 Å². The van der Waals surface area contributed by atoms with Gasteiger partial charge in [0.15, 0.2) is 12.2 Å². The van der Waals surface area contributed by atoms with Crippen molar-refractivity contribution < 1.29 is 80.2 Å². The van der Waals surface area contributed by atoms with Crippen molar-refractivity contribution in [3.05, 3.63) is 0 Å². The maximum atomic E-state index is 13.1. The summed E-state index contributed by atoms with van der Waals surface area (Å²) in [5.41, 5.74) is 0. The molecule has 0 aromatic heterocycles. The first-order valence-corrected chi connectivity index (χ1v) is 41.6. The number of phosphoric acid groups is 2. The van der Waals surface area contributed by atoms with Crippen molar-refractivity contribution in [3.63, 3.8) is 0 Å². The highest BCUT2D eigenvalue weighted by atomic mass is 31.2. The van der Waals surface area contributed by atoms with E-state index in [9.17, 15) is 43.2 Å². The van der Waals surface area contributed by atoms with Gasteiger partial charge >= 0.3 is 39.5 Å². The van der Waals surface area contributed by atoms with E-state index in [2.05, 4.69) is 41.5 Å². The molecule has 17 nitrogen and oxygen atoms in total. The van der Waals surface area contributed by atoms with Gasteiger partial charge in [0.25, 0.3) is 0 Å². The molecule has 0 saturated carbocycles. The Morgan fingerprint density at radius 3 is 0.763 bits per heavy atom. The number of hydrogen-bond acceptors (Lipinski definition) is 15. The molecule has 0 rings (SSSR count). The molecule has 552 valence electrons. The molecule has 7 atom stereocenters. The summed E-state index contributed by atoms with van der Waals surface area (Å²) in [6.07, 6.45) is 52.5. The lowest BCUT2D eigenvalue weighted by Gasteiger charge is -2.21. The Morgan fingerprint density at radius 2 is 0.516 bits per heavy atom. The fourth-order valence-corrected chi connectivity index (χ4v) is 12.8. The third kappa shape index (κ3) is 65.8. The monoisotopic (exact) mass is 1370 g/mol. The molecule has 0 aliphatic heterocycles. The lowest BCUT2D eigenvalue weighted by atomic mass is 9.99. The fraction of sp³-hybridized carbons (Fsp3) is 0.946. The van der Waals surface area contributed by atoms with Gasteiger partial charge in [-0.15, -0.1) is 0 Å². The molecule has 0 heterocycles. The Kier molecular flexibility index (Phi) is 64.6. The first kappa shape index (κ1) is 91.1. The van der Waals surface area contributed by atoms with Crippen molar-refractivity contribution >= 4 is 39.5 Å². The number of aliphatic hydroxyl groups is 1. The molecule has 0 aliphatic carbocycles. The summed E-state index contributed by atoms with van der Waals surface area (Å²) in [5.74, 6) is -0.576. The molecule has 0 spiro atoms. The number of carbonyl (C=O) groups excluding carboxylic acids is 4. The smallest absolute Gasteiger partial charge is 0.462 e. The van der Waals surface area contributed by atoms with Crippen LogP contribution in [-0.4, -0.2) is 96.7 Å². The van der Waals surface area contributed by atoms with Crippen molar-refractivity contribution in [2.75, 3.05) is 39.6 Å². The maximum Gasteiger partial charge on any atom is 0.472 e. The molecule has 0 fully saturated rings. The van der Waals surface area contributed by atoms with Crippen LogP contribution in [0.1, 0.15) is 382 Å². The van der Waals surface area contributed by atoms with Gasteiger partial charge in [0.2, 0.25) is 0 Å². The molecule has 0 amide bonds. The molecule has 0 aromatic carbocycles. The van der Waals surface area contributed by atoms with E-state index in [1.165, 1.54) is 193 Å². The van der Waals surface area contributed by atoms with Gasteiger partial charge in [-0.3, -0.25) is 37.3 Å². The normalized spacial score (nSPS) is 14.6. The summed E-state index contributed by atoms with van der Waals surface area (Å²) in [5, 5.41) is 10.6. The van der Waals surface area contributed by atoms with E-state index in [4.69, 9.17) is 37.0 Å². The Morgan fingerprint density at radius 1 is 0.301 bits per heavy atom. The molecule has 0 aliphatic rings. The van der Waals surface area contributed by atoms with Crippen molar-refractivity contribution in [2.24, 2.45) is 11.8 Å². The number of rotatable bonds is 73. The topological polar surface area (TPSA) is 237 Å². The van der Waals surface area contributed by atoms with E-state index >= 15 is 0 Å². The number of hydrogen-bond donors (Lipinski definition) is 3. The van der Waals surface area contributed by atoms with Crippen LogP contribution in [0.4, 0.5) is 0 Å². The Bertz CT molecular complexity index is 1810. The number of ether oxygens (including phenoxy) is 4. The van der Waals surface area contributed by atoms with E-state index in [0.29, 0.717) is 25.7 Å². The molecule has 0 aromatic rings. The zero-order valence-corrected chi connectivity index (χ0v) is 62.3. The Hall–Kier alpha value is -1.94. The average molecular weight is 1370 g/mol. The zero-order valence-electron chi connectivity index (χ0n) is 60.6. The van der Waals surface area contributed by atoms with Crippen LogP contribution in [0.25, 0.3) is 0 Å². The SMILES string of the molecule is CCCCCCCCCCCCCCCCCC(=O)O[C@H](COC(=O)CCCCCCCCCCCCC(C)CC)COP(=O)(O)OC[C@@H](O)COP(=O)(O)OC[C@@H](COC(=O)CCCCCCCCC(C)CC)OC(=O)CCCCCCCCCCCCCCCC. The van der Waals surface area contributed by atoms with E-state index in [-0.39, 0.29) is 25.7 Å². The van der Waals surface area contributed by atoms with Crippen molar-refractivity contribution in [3.8, 4) is 0 Å². The van der Waals surface area contributed by atoms with Crippen molar-refractivity contribution in [1.82, 2.24) is 0 Å². The van der Waals surface area contributed by atoms with E-state index < -0.39 is 97.5 Å². The second kappa shape index (κ2) is 66.0. The van der Waals surface area contributed by atoms with Crippen LogP contribution in [-0.2, 0) is 65.4 Å². The minimum Gasteiger partial charge on any atom is -0.462 e. The number of unbranched alkanes of at least 4 members (excludes halogenated alkanes) is 41. The summed E-state index contributed by atoms with van der Waals surface area (Å²) in [6, 6.07) is 0. The van der Waals surface area contributed by atoms with Gasteiger partial charge in [0, 0.05) is 25.7 Å². The molecule has 0 bridgehead atoms. The third-order valence-corrected chi connectivity index (χ3v) is 19.8. The van der Waals surface area contributed by atoms with Crippen LogP contribution in [0.3, 0.4) is 0 Å². The van der Waals surface area contributed by atoms with Gasteiger partial charge in [-0.2, -0.15) is 0 Å². The predicted molar refractivity (Wildman–Crippen MR) is 377 cm³/mol. The fourth-order valence-electron chi connectivity index (χ4n) is 11.2. The summed E-state index contributed by atoms with van der Waals surface area (Å²) < 4.78 is 68.5. The van der Waals surface area contributed by atoms with E-state index in [1.54, 1.807) is 0 Å². The van der Waals surface area contributed by atoms with Crippen molar-refractivity contribution in [2.45, 2.75) is 400 Å².